The van der Waals surface area contributed by atoms with Crippen LogP contribution in [0.15, 0.2) is 53.0 Å². The zero-order valence-corrected chi connectivity index (χ0v) is 13.8. The van der Waals surface area contributed by atoms with Gasteiger partial charge in [-0.15, -0.1) is 0 Å². The Kier molecular flexibility index (Phi) is 5.72. The van der Waals surface area contributed by atoms with Crippen molar-refractivity contribution in [3.8, 4) is 0 Å². The van der Waals surface area contributed by atoms with Gasteiger partial charge in [0.2, 0.25) is 5.91 Å². The van der Waals surface area contributed by atoms with Gasteiger partial charge in [0, 0.05) is 16.6 Å². The van der Waals surface area contributed by atoms with Gasteiger partial charge in [-0.1, -0.05) is 51.8 Å². The lowest BCUT2D eigenvalue weighted by atomic mass is 10.1. The molecule has 114 valence electrons. The number of hydrogen-bond donors (Lipinski definition) is 2. The predicted octanol–water partition coefficient (Wildman–Crippen LogP) is 2.80. The van der Waals surface area contributed by atoms with Gasteiger partial charge in [-0.25, -0.2) is 0 Å². The quantitative estimate of drug-likeness (QED) is 0.861. The molecule has 2 aromatic rings. The van der Waals surface area contributed by atoms with Gasteiger partial charge in [-0.2, -0.15) is 0 Å². The topological polar surface area (TPSA) is 58.2 Å². The summed E-state index contributed by atoms with van der Waals surface area (Å²) in [7, 11) is 0. The van der Waals surface area contributed by atoms with E-state index >= 15 is 0 Å². The number of carbonyl (C=O) groups excluding carboxylic acids is 2. The number of carbonyl (C=O) groups is 2. The van der Waals surface area contributed by atoms with Crippen molar-refractivity contribution in [3.63, 3.8) is 0 Å². The van der Waals surface area contributed by atoms with E-state index in [9.17, 15) is 9.59 Å². The zero-order chi connectivity index (χ0) is 15.9. The van der Waals surface area contributed by atoms with E-state index in [-0.39, 0.29) is 18.4 Å². The molecule has 0 radical (unpaired) electrons. The van der Waals surface area contributed by atoms with Gasteiger partial charge < -0.3 is 10.6 Å². The average molecular weight is 361 g/mol. The third kappa shape index (κ3) is 5.00. The predicted molar refractivity (Wildman–Crippen MR) is 89.5 cm³/mol. The number of rotatable bonds is 5. The highest BCUT2D eigenvalue weighted by Crippen LogP contribution is 2.11. The molecule has 4 nitrogen and oxygen atoms in total. The maximum absolute atomic E-state index is 11.9. The van der Waals surface area contributed by atoms with Gasteiger partial charge in [-0.3, -0.25) is 9.59 Å². The molecule has 0 heterocycles. The first-order valence-electron chi connectivity index (χ1n) is 6.90. The van der Waals surface area contributed by atoms with E-state index in [2.05, 4.69) is 26.6 Å². The summed E-state index contributed by atoms with van der Waals surface area (Å²) in [5.74, 6) is -0.490. The van der Waals surface area contributed by atoms with Crippen LogP contribution in [0.1, 0.15) is 21.5 Å². The number of aryl methyl sites for hydroxylation is 1. The Balaban J connectivity index is 1.78. The van der Waals surface area contributed by atoms with Crippen LogP contribution in [0.25, 0.3) is 0 Å². The highest BCUT2D eigenvalue weighted by Gasteiger charge is 2.08. The molecule has 0 fully saturated rings. The Labute approximate surface area is 138 Å². The maximum atomic E-state index is 11.9. The lowest BCUT2D eigenvalue weighted by Gasteiger charge is -2.07. The van der Waals surface area contributed by atoms with E-state index in [0.29, 0.717) is 12.1 Å². The van der Waals surface area contributed by atoms with Crippen LogP contribution in [-0.4, -0.2) is 18.4 Å². The maximum Gasteiger partial charge on any atom is 0.251 e. The van der Waals surface area contributed by atoms with Gasteiger partial charge >= 0.3 is 0 Å². The largest absolute Gasteiger partial charge is 0.350 e. The smallest absolute Gasteiger partial charge is 0.251 e. The van der Waals surface area contributed by atoms with Crippen molar-refractivity contribution in [1.29, 1.82) is 0 Å². The minimum absolute atomic E-state index is 0.0444. The Morgan fingerprint density at radius 1 is 1.05 bits per heavy atom. The van der Waals surface area contributed by atoms with Crippen molar-refractivity contribution < 1.29 is 9.59 Å². The summed E-state index contributed by atoms with van der Waals surface area (Å²) in [5, 5.41) is 5.37. The molecule has 0 saturated carbocycles. The molecule has 0 aliphatic heterocycles. The summed E-state index contributed by atoms with van der Waals surface area (Å²) in [6, 6.07) is 14.9. The molecular weight excluding hydrogens is 344 g/mol. The molecule has 0 spiro atoms. The van der Waals surface area contributed by atoms with Crippen LogP contribution in [0.4, 0.5) is 0 Å². The van der Waals surface area contributed by atoms with Gasteiger partial charge in [0.05, 0.1) is 6.54 Å². The first-order chi connectivity index (χ1) is 10.5. The molecule has 5 heteroatoms. The van der Waals surface area contributed by atoms with Crippen molar-refractivity contribution in [2.75, 3.05) is 6.54 Å². The molecule has 0 aliphatic rings. The second-order valence-electron chi connectivity index (χ2n) is 4.96. The molecule has 2 amide bonds. The minimum Gasteiger partial charge on any atom is -0.350 e. The molecule has 0 bridgehead atoms. The van der Waals surface area contributed by atoms with Crippen molar-refractivity contribution in [2.45, 2.75) is 13.5 Å². The Hall–Kier alpha value is -2.14. The van der Waals surface area contributed by atoms with Crippen LogP contribution < -0.4 is 10.6 Å². The standard InChI is InChI=1S/C17H17BrN2O2/c1-12-5-7-13(8-6-12)10-19-16(21)11-20-17(22)14-3-2-4-15(18)9-14/h2-9H,10-11H2,1H3,(H,19,21)(H,20,22). The third-order valence-electron chi connectivity index (χ3n) is 3.11. The number of halogens is 1. The molecule has 2 aromatic carbocycles. The minimum atomic E-state index is -0.271. The summed E-state index contributed by atoms with van der Waals surface area (Å²) < 4.78 is 0.823. The number of nitrogens with one attached hydrogen (secondary N) is 2. The fourth-order valence-corrected chi connectivity index (χ4v) is 2.26. The van der Waals surface area contributed by atoms with E-state index < -0.39 is 0 Å². The van der Waals surface area contributed by atoms with Gasteiger partial charge in [-0.05, 0) is 30.7 Å². The first-order valence-corrected chi connectivity index (χ1v) is 7.70. The van der Waals surface area contributed by atoms with E-state index in [1.54, 1.807) is 18.2 Å². The fraction of sp³-hybridized carbons (Fsp3) is 0.176. The Morgan fingerprint density at radius 2 is 1.77 bits per heavy atom. The molecule has 22 heavy (non-hydrogen) atoms. The zero-order valence-electron chi connectivity index (χ0n) is 12.2. The summed E-state index contributed by atoms with van der Waals surface area (Å²) in [6.45, 7) is 2.42. The molecule has 0 aromatic heterocycles. The molecular formula is C17H17BrN2O2. The molecule has 0 aliphatic carbocycles. The summed E-state index contributed by atoms with van der Waals surface area (Å²) >= 11 is 3.31. The summed E-state index contributed by atoms with van der Waals surface area (Å²) in [6.07, 6.45) is 0. The summed E-state index contributed by atoms with van der Waals surface area (Å²) in [4.78, 5) is 23.7. The molecule has 0 saturated heterocycles. The van der Waals surface area contributed by atoms with Crippen LogP contribution in [0.2, 0.25) is 0 Å². The van der Waals surface area contributed by atoms with E-state index in [1.807, 2.05) is 37.3 Å². The molecule has 2 rings (SSSR count). The normalized spacial score (nSPS) is 10.1. The number of hydrogen-bond acceptors (Lipinski definition) is 2. The van der Waals surface area contributed by atoms with Crippen LogP contribution in [0.5, 0.6) is 0 Å². The monoisotopic (exact) mass is 360 g/mol. The summed E-state index contributed by atoms with van der Waals surface area (Å²) in [5.41, 5.74) is 2.72. The molecule has 0 atom stereocenters. The Morgan fingerprint density at radius 3 is 2.45 bits per heavy atom. The van der Waals surface area contributed by atoms with E-state index in [1.165, 1.54) is 5.56 Å². The average Bonchev–Trinajstić information content (AvgIpc) is 2.52. The lowest BCUT2D eigenvalue weighted by molar-refractivity contribution is -0.120. The van der Waals surface area contributed by atoms with E-state index in [0.717, 1.165) is 10.0 Å². The van der Waals surface area contributed by atoms with Gasteiger partial charge in [0.1, 0.15) is 0 Å². The molecule has 2 N–H and O–H groups in total. The van der Waals surface area contributed by atoms with Crippen LogP contribution in [0, 0.1) is 6.92 Å². The van der Waals surface area contributed by atoms with Crippen LogP contribution in [0.3, 0.4) is 0 Å². The van der Waals surface area contributed by atoms with Crippen molar-refractivity contribution in [1.82, 2.24) is 10.6 Å². The molecule has 0 unspecified atom stereocenters. The van der Waals surface area contributed by atoms with E-state index in [4.69, 9.17) is 0 Å². The van der Waals surface area contributed by atoms with Crippen LogP contribution >= 0.6 is 15.9 Å². The highest BCUT2D eigenvalue weighted by molar-refractivity contribution is 9.10. The number of amides is 2. The van der Waals surface area contributed by atoms with Crippen molar-refractivity contribution in [3.05, 3.63) is 69.7 Å². The van der Waals surface area contributed by atoms with Crippen molar-refractivity contribution >= 4 is 27.7 Å². The second-order valence-corrected chi connectivity index (χ2v) is 5.87. The number of benzene rings is 2. The SMILES string of the molecule is Cc1ccc(CNC(=O)CNC(=O)c2cccc(Br)c2)cc1. The van der Waals surface area contributed by atoms with Crippen molar-refractivity contribution in [2.24, 2.45) is 0 Å². The lowest BCUT2D eigenvalue weighted by Crippen LogP contribution is -2.36. The highest BCUT2D eigenvalue weighted by atomic mass is 79.9. The third-order valence-corrected chi connectivity index (χ3v) is 3.60. The Bertz CT molecular complexity index is 669. The second kappa shape index (κ2) is 7.75. The van der Waals surface area contributed by atoms with Gasteiger partial charge in [0.15, 0.2) is 0 Å². The first kappa shape index (κ1) is 16.2. The van der Waals surface area contributed by atoms with Gasteiger partial charge in [0.25, 0.3) is 5.91 Å². The fourth-order valence-electron chi connectivity index (χ4n) is 1.86. The van der Waals surface area contributed by atoms with Crippen LogP contribution in [-0.2, 0) is 11.3 Å².